The Morgan fingerprint density at radius 2 is 1.89 bits per heavy atom. The average Bonchev–Trinajstić information content (AvgIpc) is 2.71. The lowest BCUT2D eigenvalue weighted by Gasteiger charge is -2.04. The van der Waals surface area contributed by atoms with Gasteiger partial charge in [0.15, 0.2) is 6.33 Å². The van der Waals surface area contributed by atoms with Gasteiger partial charge >= 0.3 is 11.7 Å². The number of hydrogen-bond acceptors (Lipinski definition) is 5. The first-order valence-corrected chi connectivity index (χ1v) is 5.09. The Morgan fingerprint density at radius 1 is 1.28 bits per heavy atom. The van der Waals surface area contributed by atoms with E-state index in [1.54, 1.807) is 31.4 Å². The molecule has 0 aliphatic heterocycles. The first-order chi connectivity index (χ1) is 8.61. The lowest BCUT2D eigenvalue weighted by Crippen LogP contribution is -1.97. The molecule has 18 heavy (non-hydrogen) atoms. The summed E-state index contributed by atoms with van der Waals surface area (Å²) in [5.74, 6) is 0.911. The molecule has 0 aliphatic rings. The summed E-state index contributed by atoms with van der Waals surface area (Å²) >= 11 is 0. The van der Waals surface area contributed by atoms with Crippen molar-refractivity contribution in [2.45, 2.75) is 0 Å². The maximum absolute atomic E-state index is 10.8. The molecule has 0 fully saturated rings. The number of aromatic nitrogens is 2. The Bertz CT molecular complexity index is 562. The molecule has 0 spiro atoms. The molecule has 2 rings (SSSR count). The van der Waals surface area contributed by atoms with Gasteiger partial charge in [-0.25, -0.2) is 4.57 Å². The van der Waals surface area contributed by atoms with Gasteiger partial charge in [0.05, 0.1) is 14.2 Å². The maximum atomic E-state index is 10.8. The second-order valence-electron chi connectivity index (χ2n) is 3.52. The van der Waals surface area contributed by atoms with E-state index in [1.807, 2.05) is 0 Å². The van der Waals surface area contributed by atoms with Gasteiger partial charge < -0.3 is 19.6 Å². The van der Waals surface area contributed by atoms with Gasteiger partial charge in [-0.1, -0.05) is 0 Å². The first kappa shape index (κ1) is 11.9. The standard InChI is InChI=1S/C11H11N3O4/c1-13-7-12-10(11(13)14(15)16)18-9-5-3-8(17-2)4-6-9/h3-7H,1-2H3. The molecule has 0 atom stereocenters. The molecule has 1 aromatic heterocycles. The van der Waals surface area contributed by atoms with Crippen LogP contribution in [0.3, 0.4) is 0 Å². The number of aryl methyl sites for hydroxylation is 1. The number of ether oxygens (including phenoxy) is 2. The van der Waals surface area contributed by atoms with Gasteiger partial charge in [0.2, 0.25) is 0 Å². The van der Waals surface area contributed by atoms with Gasteiger partial charge in [-0.15, -0.1) is 0 Å². The van der Waals surface area contributed by atoms with Crippen molar-refractivity contribution in [1.29, 1.82) is 0 Å². The molecule has 0 saturated carbocycles. The number of nitro groups is 1. The first-order valence-electron chi connectivity index (χ1n) is 5.09. The van der Waals surface area contributed by atoms with Crippen LogP contribution < -0.4 is 9.47 Å². The highest BCUT2D eigenvalue weighted by Gasteiger charge is 2.21. The molecular weight excluding hydrogens is 238 g/mol. The molecule has 7 nitrogen and oxygen atoms in total. The highest BCUT2D eigenvalue weighted by Crippen LogP contribution is 2.29. The van der Waals surface area contributed by atoms with E-state index in [-0.39, 0.29) is 11.7 Å². The Hall–Kier alpha value is -2.57. The number of hydrogen-bond donors (Lipinski definition) is 0. The molecule has 0 aliphatic carbocycles. The van der Waals surface area contributed by atoms with Crippen molar-refractivity contribution in [2.75, 3.05) is 7.11 Å². The molecule has 0 radical (unpaired) electrons. The number of benzene rings is 1. The summed E-state index contributed by atoms with van der Waals surface area (Å²) in [4.78, 5) is 14.1. The van der Waals surface area contributed by atoms with Crippen molar-refractivity contribution in [3.8, 4) is 17.4 Å². The van der Waals surface area contributed by atoms with Crippen LogP contribution in [0.25, 0.3) is 0 Å². The predicted octanol–water partition coefficient (Wildman–Crippen LogP) is 2.13. The van der Waals surface area contributed by atoms with Crippen molar-refractivity contribution in [2.24, 2.45) is 7.05 Å². The van der Waals surface area contributed by atoms with Crippen molar-refractivity contribution < 1.29 is 14.4 Å². The van der Waals surface area contributed by atoms with Crippen molar-refractivity contribution in [3.63, 3.8) is 0 Å². The molecule has 7 heteroatoms. The second kappa shape index (κ2) is 4.74. The van der Waals surface area contributed by atoms with E-state index >= 15 is 0 Å². The zero-order valence-electron chi connectivity index (χ0n) is 9.86. The fraction of sp³-hybridized carbons (Fsp3) is 0.182. The lowest BCUT2D eigenvalue weighted by atomic mass is 10.3. The highest BCUT2D eigenvalue weighted by molar-refractivity contribution is 5.39. The fourth-order valence-corrected chi connectivity index (χ4v) is 1.44. The third-order valence-electron chi connectivity index (χ3n) is 2.32. The van der Waals surface area contributed by atoms with Crippen LogP contribution in [0.1, 0.15) is 0 Å². The molecule has 0 amide bonds. The zero-order valence-corrected chi connectivity index (χ0v) is 9.86. The number of methoxy groups -OCH3 is 1. The summed E-state index contributed by atoms with van der Waals surface area (Å²) in [7, 11) is 3.09. The molecule has 94 valence electrons. The molecule has 2 aromatic rings. The Balaban J connectivity index is 2.25. The minimum absolute atomic E-state index is 0.0346. The molecular formula is C11H11N3O4. The number of rotatable bonds is 4. The SMILES string of the molecule is COc1ccc(Oc2ncn(C)c2[N+](=O)[O-])cc1. The van der Waals surface area contributed by atoms with Crippen LogP contribution in [0.15, 0.2) is 30.6 Å². The van der Waals surface area contributed by atoms with Crippen LogP contribution in [0.4, 0.5) is 5.82 Å². The molecule has 1 aromatic carbocycles. The minimum Gasteiger partial charge on any atom is -0.497 e. The average molecular weight is 249 g/mol. The normalized spacial score (nSPS) is 10.1. The van der Waals surface area contributed by atoms with E-state index in [9.17, 15) is 10.1 Å². The van der Waals surface area contributed by atoms with Crippen LogP contribution in [0.2, 0.25) is 0 Å². The summed E-state index contributed by atoms with van der Waals surface area (Å²) in [6, 6.07) is 6.70. The van der Waals surface area contributed by atoms with E-state index in [0.29, 0.717) is 11.5 Å². The van der Waals surface area contributed by atoms with E-state index in [1.165, 1.54) is 17.9 Å². The lowest BCUT2D eigenvalue weighted by molar-refractivity contribution is -0.392. The van der Waals surface area contributed by atoms with E-state index < -0.39 is 4.92 Å². The smallest absolute Gasteiger partial charge is 0.387 e. The molecule has 0 bridgehead atoms. The number of imidazole rings is 1. The maximum Gasteiger partial charge on any atom is 0.387 e. The summed E-state index contributed by atoms with van der Waals surface area (Å²) < 4.78 is 11.7. The Labute approximate surface area is 103 Å². The van der Waals surface area contributed by atoms with Crippen LogP contribution in [-0.4, -0.2) is 21.6 Å². The minimum atomic E-state index is -0.536. The predicted molar refractivity (Wildman–Crippen MR) is 62.9 cm³/mol. The second-order valence-corrected chi connectivity index (χ2v) is 3.52. The van der Waals surface area contributed by atoms with Crippen molar-refractivity contribution >= 4 is 5.82 Å². The van der Waals surface area contributed by atoms with Gasteiger partial charge in [-0.2, -0.15) is 4.98 Å². The van der Waals surface area contributed by atoms with Crippen LogP contribution in [-0.2, 0) is 7.05 Å². The van der Waals surface area contributed by atoms with Crippen LogP contribution >= 0.6 is 0 Å². The van der Waals surface area contributed by atoms with Gasteiger partial charge in [0.25, 0.3) is 0 Å². The third-order valence-corrected chi connectivity index (χ3v) is 2.32. The Kier molecular flexibility index (Phi) is 3.13. The number of nitrogens with zero attached hydrogens (tertiary/aromatic N) is 3. The quantitative estimate of drug-likeness (QED) is 0.612. The van der Waals surface area contributed by atoms with Gasteiger partial charge in [0.1, 0.15) is 11.5 Å². The monoisotopic (exact) mass is 249 g/mol. The summed E-state index contributed by atoms with van der Waals surface area (Å²) in [5.41, 5.74) is 0. The molecule has 0 saturated heterocycles. The van der Waals surface area contributed by atoms with E-state index in [0.717, 1.165) is 0 Å². The highest BCUT2D eigenvalue weighted by atomic mass is 16.6. The Morgan fingerprint density at radius 3 is 2.44 bits per heavy atom. The van der Waals surface area contributed by atoms with Crippen LogP contribution in [0, 0.1) is 10.1 Å². The fourth-order valence-electron chi connectivity index (χ4n) is 1.44. The van der Waals surface area contributed by atoms with Gasteiger partial charge in [-0.05, 0) is 29.2 Å². The topological polar surface area (TPSA) is 79.4 Å². The third kappa shape index (κ3) is 2.24. The van der Waals surface area contributed by atoms with Crippen LogP contribution in [0.5, 0.6) is 17.4 Å². The molecule has 0 unspecified atom stereocenters. The van der Waals surface area contributed by atoms with Gasteiger partial charge in [-0.3, -0.25) is 0 Å². The van der Waals surface area contributed by atoms with Crippen molar-refractivity contribution in [3.05, 3.63) is 40.7 Å². The van der Waals surface area contributed by atoms with Gasteiger partial charge in [0, 0.05) is 0 Å². The zero-order chi connectivity index (χ0) is 13.1. The van der Waals surface area contributed by atoms with E-state index in [4.69, 9.17) is 9.47 Å². The summed E-state index contributed by atoms with van der Waals surface area (Å²) in [6.45, 7) is 0. The van der Waals surface area contributed by atoms with Crippen molar-refractivity contribution in [1.82, 2.24) is 9.55 Å². The molecule has 1 heterocycles. The summed E-state index contributed by atoms with van der Waals surface area (Å²) in [5, 5.41) is 10.8. The molecule has 0 N–H and O–H groups in total. The summed E-state index contributed by atoms with van der Waals surface area (Å²) in [6.07, 6.45) is 1.33. The largest absolute Gasteiger partial charge is 0.497 e. The van der Waals surface area contributed by atoms with E-state index in [2.05, 4.69) is 4.98 Å².